The molecule has 3 atom stereocenters. The van der Waals surface area contributed by atoms with Crippen molar-refractivity contribution in [3.63, 3.8) is 0 Å². The van der Waals surface area contributed by atoms with Crippen LogP contribution in [0.2, 0.25) is 0 Å². The molecular weight excluding hydrogens is 514 g/mol. The first-order valence-corrected chi connectivity index (χ1v) is 11.0. The lowest BCUT2D eigenvalue weighted by Gasteiger charge is -2.37. The Hall–Kier alpha value is -1.17. The molecule has 2 N–H and O–H groups in total. The van der Waals surface area contributed by atoms with Crippen LogP contribution in [0.15, 0.2) is 29.3 Å². The number of guanidine groups is 1. The molecule has 2 fully saturated rings. The highest BCUT2D eigenvalue weighted by molar-refractivity contribution is 14.0. The van der Waals surface area contributed by atoms with E-state index in [9.17, 15) is 4.39 Å². The van der Waals surface area contributed by atoms with Crippen LogP contribution in [0.4, 0.5) is 4.39 Å². The Labute approximate surface area is 202 Å². The number of aliphatic imine (C=N–C) groups is 1. The molecule has 7 nitrogen and oxygen atoms in total. The highest BCUT2D eigenvalue weighted by atomic mass is 127. The van der Waals surface area contributed by atoms with Crippen molar-refractivity contribution in [2.24, 2.45) is 10.9 Å². The predicted molar refractivity (Wildman–Crippen MR) is 131 cm³/mol. The van der Waals surface area contributed by atoms with Gasteiger partial charge in [-0.25, -0.2) is 4.39 Å². The van der Waals surface area contributed by atoms with E-state index in [2.05, 4.69) is 27.4 Å². The molecule has 0 radical (unpaired) electrons. The molecule has 2 aliphatic rings. The van der Waals surface area contributed by atoms with Gasteiger partial charge in [-0.2, -0.15) is 0 Å². The van der Waals surface area contributed by atoms with Crippen LogP contribution in [0, 0.1) is 11.7 Å². The van der Waals surface area contributed by atoms with Gasteiger partial charge in [0.2, 0.25) is 0 Å². The fourth-order valence-electron chi connectivity index (χ4n) is 3.99. The van der Waals surface area contributed by atoms with Gasteiger partial charge in [-0.15, -0.1) is 24.0 Å². The van der Waals surface area contributed by atoms with Crippen LogP contribution in [0.25, 0.3) is 0 Å². The van der Waals surface area contributed by atoms with Gasteiger partial charge in [-0.05, 0) is 25.0 Å². The van der Waals surface area contributed by atoms with Crippen molar-refractivity contribution in [3.8, 4) is 5.75 Å². The van der Waals surface area contributed by atoms with Crippen molar-refractivity contribution in [2.45, 2.75) is 31.9 Å². The van der Waals surface area contributed by atoms with Gasteiger partial charge < -0.3 is 24.8 Å². The van der Waals surface area contributed by atoms with E-state index in [1.807, 2.05) is 0 Å². The van der Waals surface area contributed by atoms with Gasteiger partial charge in [-0.3, -0.25) is 9.89 Å². The van der Waals surface area contributed by atoms with Crippen molar-refractivity contribution in [2.75, 3.05) is 59.7 Å². The van der Waals surface area contributed by atoms with Crippen molar-refractivity contribution in [3.05, 3.63) is 30.1 Å². The third-order valence-electron chi connectivity index (χ3n) is 5.78. The van der Waals surface area contributed by atoms with Gasteiger partial charge in [-0.1, -0.05) is 13.0 Å². The summed E-state index contributed by atoms with van der Waals surface area (Å²) in [5, 5.41) is 6.83. The van der Waals surface area contributed by atoms with E-state index in [4.69, 9.17) is 14.2 Å². The Morgan fingerprint density at radius 3 is 2.65 bits per heavy atom. The van der Waals surface area contributed by atoms with Crippen LogP contribution in [-0.4, -0.2) is 82.7 Å². The quantitative estimate of drug-likeness (QED) is 0.280. The van der Waals surface area contributed by atoms with Crippen LogP contribution >= 0.6 is 24.0 Å². The fraction of sp³-hybridized carbons (Fsp3) is 0.682. The Balaban J connectivity index is 0.00000341. The maximum absolute atomic E-state index is 13.4. The average Bonchev–Trinajstić information content (AvgIpc) is 3.30. The number of nitrogens with one attached hydrogen (secondary N) is 2. The minimum Gasteiger partial charge on any atom is -0.489 e. The Kier molecular flexibility index (Phi) is 11.8. The Bertz CT molecular complexity index is 670. The molecule has 0 aliphatic carbocycles. The summed E-state index contributed by atoms with van der Waals surface area (Å²) in [4.78, 5) is 6.87. The molecule has 3 unspecified atom stereocenters. The number of halogens is 2. The van der Waals surface area contributed by atoms with E-state index in [0.29, 0.717) is 24.3 Å². The number of hydrogen-bond donors (Lipinski definition) is 2. The number of benzene rings is 1. The standard InChI is InChI=1S/C22H35FN4O3.HI/c1-3-19(30-20-6-4-5-18(23)13-20)14-25-22(24-2)26-15-21(17-7-10-29-16-17)27-8-11-28-12-9-27;/h4-6,13,17,19,21H,3,7-12,14-16H2,1-2H3,(H2,24,25,26);1H. The number of hydrogen-bond acceptors (Lipinski definition) is 5. The van der Waals surface area contributed by atoms with Gasteiger partial charge >= 0.3 is 0 Å². The third-order valence-corrected chi connectivity index (χ3v) is 5.78. The van der Waals surface area contributed by atoms with Crippen molar-refractivity contribution in [1.29, 1.82) is 0 Å². The summed E-state index contributed by atoms with van der Waals surface area (Å²) in [7, 11) is 1.77. The maximum atomic E-state index is 13.4. The molecule has 31 heavy (non-hydrogen) atoms. The minimum absolute atomic E-state index is 0. The molecule has 3 rings (SSSR count). The molecule has 2 saturated heterocycles. The molecule has 176 valence electrons. The van der Waals surface area contributed by atoms with E-state index in [0.717, 1.165) is 64.9 Å². The normalized spacial score (nSPS) is 21.8. The van der Waals surface area contributed by atoms with Crippen LogP contribution in [-0.2, 0) is 9.47 Å². The van der Waals surface area contributed by atoms with Gasteiger partial charge in [0.1, 0.15) is 17.7 Å². The van der Waals surface area contributed by atoms with Gasteiger partial charge in [0.05, 0.1) is 26.4 Å². The summed E-state index contributed by atoms with van der Waals surface area (Å²) in [6, 6.07) is 6.64. The molecule has 0 bridgehead atoms. The van der Waals surface area contributed by atoms with E-state index < -0.39 is 0 Å². The highest BCUT2D eigenvalue weighted by Gasteiger charge is 2.31. The second kappa shape index (κ2) is 14.1. The van der Waals surface area contributed by atoms with Crippen molar-refractivity contribution >= 4 is 29.9 Å². The lowest BCUT2D eigenvalue weighted by atomic mass is 9.97. The molecule has 1 aromatic carbocycles. The first kappa shape index (κ1) is 26.1. The zero-order chi connectivity index (χ0) is 21.2. The summed E-state index contributed by atoms with van der Waals surface area (Å²) in [6.07, 6.45) is 1.81. The molecule has 0 aromatic heterocycles. The van der Waals surface area contributed by atoms with Crippen LogP contribution in [0.1, 0.15) is 19.8 Å². The van der Waals surface area contributed by atoms with Crippen molar-refractivity contribution in [1.82, 2.24) is 15.5 Å². The molecule has 0 spiro atoms. The smallest absolute Gasteiger partial charge is 0.191 e. The zero-order valence-electron chi connectivity index (χ0n) is 18.5. The van der Waals surface area contributed by atoms with Crippen LogP contribution < -0.4 is 15.4 Å². The summed E-state index contributed by atoms with van der Waals surface area (Å²) >= 11 is 0. The SMILES string of the molecule is CCC(CNC(=NC)NCC(C1CCOC1)N1CCOCC1)Oc1cccc(F)c1.I. The summed E-state index contributed by atoms with van der Waals surface area (Å²) in [6.45, 7) is 8.57. The molecule has 2 aliphatic heterocycles. The topological polar surface area (TPSA) is 67.4 Å². The summed E-state index contributed by atoms with van der Waals surface area (Å²) in [5.74, 6) is 1.51. The van der Waals surface area contributed by atoms with E-state index >= 15 is 0 Å². The molecule has 0 amide bonds. The first-order chi connectivity index (χ1) is 14.7. The lowest BCUT2D eigenvalue weighted by Crippen LogP contribution is -2.54. The lowest BCUT2D eigenvalue weighted by molar-refractivity contribution is 0.00246. The van der Waals surface area contributed by atoms with E-state index in [1.165, 1.54) is 12.1 Å². The largest absolute Gasteiger partial charge is 0.489 e. The van der Waals surface area contributed by atoms with Crippen molar-refractivity contribution < 1.29 is 18.6 Å². The molecule has 9 heteroatoms. The molecular formula is C22H36FIN4O3. The Morgan fingerprint density at radius 1 is 1.23 bits per heavy atom. The fourth-order valence-corrected chi connectivity index (χ4v) is 3.99. The number of ether oxygens (including phenoxy) is 3. The van der Waals surface area contributed by atoms with Crippen LogP contribution in [0.5, 0.6) is 5.75 Å². The highest BCUT2D eigenvalue weighted by Crippen LogP contribution is 2.22. The van der Waals surface area contributed by atoms with Gasteiger partial charge in [0.25, 0.3) is 0 Å². The summed E-state index contributed by atoms with van der Waals surface area (Å²) < 4.78 is 30.5. The molecule has 1 aromatic rings. The third kappa shape index (κ3) is 8.36. The van der Waals surface area contributed by atoms with E-state index in [1.54, 1.807) is 19.2 Å². The average molecular weight is 550 g/mol. The minimum atomic E-state index is -0.294. The Morgan fingerprint density at radius 2 is 2.00 bits per heavy atom. The van der Waals surface area contributed by atoms with E-state index in [-0.39, 0.29) is 35.9 Å². The number of rotatable bonds is 9. The second-order valence-electron chi connectivity index (χ2n) is 7.78. The first-order valence-electron chi connectivity index (χ1n) is 11.0. The monoisotopic (exact) mass is 550 g/mol. The van der Waals surface area contributed by atoms with Gasteiger partial charge in [0, 0.05) is 51.3 Å². The molecule has 0 saturated carbocycles. The van der Waals surface area contributed by atoms with Gasteiger partial charge in [0.15, 0.2) is 5.96 Å². The zero-order valence-corrected chi connectivity index (χ0v) is 20.8. The summed E-state index contributed by atoms with van der Waals surface area (Å²) in [5.41, 5.74) is 0. The predicted octanol–water partition coefficient (Wildman–Crippen LogP) is 2.50. The molecule has 2 heterocycles. The second-order valence-corrected chi connectivity index (χ2v) is 7.78. The number of morpholine rings is 1. The maximum Gasteiger partial charge on any atom is 0.191 e. The number of nitrogens with zero attached hydrogens (tertiary/aromatic N) is 2. The van der Waals surface area contributed by atoms with Crippen LogP contribution in [0.3, 0.4) is 0 Å².